The van der Waals surface area contributed by atoms with Crippen molar-refractivity contribution >= 4 is 31.9 Å². The van der Waals surface area contributed by atoms with Crippen molar-refractivity contribution in [2.75, 3.05) is 0 Å². The Hall–Kier alpha value is -0.610. The van der Waals surface area contributed by atoms with Crippen LogP contribution in [0.15, 0.2) is 44.1 Å². The van der Waals surface area contributed by atoms with E-state index in [1.807, 2.05) is 12.1 Å². The molecule has 0 N–H and O–H groups in total. The molecule has 0 amide bonds. The molecule has 0 aromatic heterocycles. The van der Waals surface area contributed by atoms with Gasteiger partial charge in [-0.2, -0.15) is 0 Å². The van der Waals surface area contributed by atoms with E-state index in [1.165, 1.54) is 0 Å². The topological polar surface area (TPSA) is 26.3 Å². The minimum absolute atomic E-state index is 0.0956. The lowest BCUT2D eigenvalue weighted by molar-refractivity contribution is 0.188. The van der Waals surface area contributed by atoms with Gasteiger partial charge in [-0.15, -0.1) is 0 Å². The maximum absolute atomic E-state index is 12.0. The highest BCUT2D eigenvalue weighted by molar-refractivity contribution is 9.11. The first-order valence-electron chi connectivity index (χ1n) is 5.48. The fourth-order valence-electron chi connectivity index (χ4n) is 1.73. The van der Waals surface area contributed by atoms with E-state index < -0.39 is 0 Å². The second kappa shape index (κ2) is 5.83. The van der Waals surface area contributed by atoms with E-state index in [0.29, 0.717) is 14.7 Å². The van der Waals surface area contributed by atoms with Crippen molar-refractivity contribution in [3.63, 3.8) is 0 Å². The molecule has 0 radical (unpaired) electrons. The highest BCUT2D eigenvalue weighted by Gasteiger charge is 2.15. The van der Waals surface area contributed by atoms with E-state index in [-0.39, 0.29) is 11.5 Å². The minimum atomic E-state index is -0.114. The van der Waals surface area contributed by atoms with E-state index in [1.54, 1.807) is 6.07 Å². The van der Waals surface area contributed by atoms with E-state index >= 15 is 0 Å². The van der Waals surface area contributed by atoms with Gasteiger partial charge in [0.2, 0.25) is 5.43 Å². The third-order valence-corrected chi connectivity index (χ3v) is 3.88. The largest absolute Gasteiger partial charge is 0.485 e. The van der Waals surface area contributed by atoms with Gasteiger partial charge in [0, 0.05) is 6.42 Å². The van der Waals surface area contributed by atoms with Crippen molar-refractivity contribution in [1.82, 2.24) is 0 Å². The molecule has 0 saturated heterocycles. The molecule has 0 fully saturated rings. The lowest BCUT2D eigenvalue weighted by Crippen LogP contribution is -2.21. The summed E-state index contributed by atoms with van der Waals surface area (Å²) in [6, 6.07) is 5.35. The Labute approximate surface area is 117 Å². The van der Waals surface area contributed by atoms with E-state index in [0.717, 1.165) is 19.3 Å². The maximum Gasteiger partial charge on any atom is 0.235 e. The molecular weight excluding hydrogens is 348 g/mol. The molecule has 0 aliphatic heterocycles. The van der Waals surface area contributed by atoms with Gasteiger partial charge >= 0.3 is 0 Å². The second-order valence-electron chi connectivity index (χ2n) is 3.90. The molecule has 2 rings (SSSR count). The van der Waals surface area contributed by atoms with Crippen molar-refractivity contribution in [3.8, 4) is 5.75 Å². The molecule has 17 heavy (non-hydrogen) atoms. The van der Waals surface area contributed by atoms with Crippen LogP contribution in [0.2, 0.25) is 0 Å². The summed E-state index contributed by atoms with van der Waals surface area (Å²) in [5.74, 6) is 0.391. The predicted octanol–water partition coefficient (Wildman–Crippen LogP) is 4.06. The summed E-state index contributed by atoms with van der Waals surface area (Å²) >= 11 is 6.62. The van der Waals surface area contributed by atoms with Gasteiger partial charge in [-0.25, -0.2) is 0 Å². The smallest absolute Gasteiger partial charge is 0.235 e. The molecule has 1 aromatic carbocycles. The number of ether oxygens (including phenoxy) is 1. The Morgan fingerprint density at radius 1 is 1.18 bits per heavy atom. The van der Waals surface area contributed by atoms with Crippen molar-refractivity contribution in [3.05, 3.63) is 49.5 Å². The molecule has 0 spiro atoms. The molecule has 1 aromatic rings. The Kier molecular flexibility index (Phi) is 4.40. The monoisotopic (exact) mass is 358 g/mol. The van der Waals surface area contributed by atoms with Gasteiger partial charge in [-0.3, -0.25) is 4.79 Å². The molecule has 2 nitrogen and oxygen atoms in total. The van der Waals surface area contributed by atoms with Gasteiger partial charge in [0.25, 0.3) is 0 Å². The third-order valence-electron chi connectivity index (χ3n) is 2.63. The lowest BCUT2D eigenvalue weighted by atomic mass is 10.1. The fourth-order valence-corrected chi connectivity index (χ4v) is 2.49. The van der Waals surface area contributed by atoms with Crippen molar-refractivity contribution in [2.45, 2.75) is 25.4 Å². The molecule has 1 atom stereocenters. The summed E-state index contributed by atoms with van der Waals surface area (Å²) in [4.78, 5) is 12.0. The zero-order chi connectivity index (χ0) is 12.3. The van der Waals surface area contributed by atoms with Crippen LogP contribution in [0.5, 0.6) is 5.75 Å². The Balaban J connectivity index is 2.32. The van der Waals surface area contributed by atoms with Crippen LogP contribution in [0.1, 0.15) is 19.3 Å². The number of halogens is 2. The summed E-state index contributed by atoms with van der Waals surface area (Å²) < 4.78 is 7.03. The van der Waals surface area contributed by atoms with Crippen molar-refractivity contribution < 1.29 is 4.74 Å². The number of allylic oxidation sites excluding steroid dienone is 1. The second-order valence-corrected chi connectivity index (χ2v) is 5.61. The van der Waals surface area contributed by atoms with Crippen LogP contribution < -0.4 is 10.2 Å². The minimum Gasteiger partial charge on any atom is -0.485 e. The number of rotatable bonds is 2. The van der Waals surface area contributed by atoms with Gasteiger partial charge in [0.1, 0.15) is 6.10 Å². The number of hydrogen-bond acceptors (Lipinski definition) is 2. The first-order chi connectivity index (χ1) is 8.18. The van der Waals surface area contributed by atoms with Crippen molar-refractivity contribution in [2.24, 2.45) is 0 Å². The molecule has 90 valence electrons. The molecule has 0 bridgehead atoms. The summed E-state index contributed by atoms with van der Waals surface area (Å²) in [5, 5.41) is 0. The molecule has 0 heterocycles. The van der Waals surface area contributed by atoms with Crippen LogP contribution >= 0.6 is 31.9 Å². The molecule has 1 aliphatic carbocycles. The molecular formula is C13H12Br2O2. The van der Waals surface area contributed by atoms with Crippen LogP contribution in [0, 0.1) is 0 Å². The van der Waals surface area contributed by atoms with Crippen LogP contribution in [0.25, 0.3) is 0 Å². The number of hydrogen-bond donors (Lipinski definition) is 0. The Bertz CT molecular complexity index is 497. The average molecular weight is 360 g/mol. The quantitative estimate of drug-likeness (QED) is 0.744. The zero-order valence-corrected chi connectivity index (χ0v) is 12.3. The molecule has 1 aliphatic rings. The van der Waals surface area contributed by atoms with Gasteiger partial charge in [0.15, 0.2) is 5.75 Å². The van der Waals surface area contributed by atoms with Gasteiger partial charge in [-0.05, 0) is 56.8 Å². The highest BCUT2D eigenvalue weighted by atomic mass is 79.9. The van der Waals surface area contributed by atoms with Crippen LogP contribution in [0.3, 0.4) is 0 Å². The van der Waals surface area contributed by atoms with Crippen LogP contribution in [0.4, 0.5) is 0 Å². The van der Waals surface area contributed by atoms with Gasteiger partial charge in [0.05, 0.1) is 8.95 Å². The van der Waals surface area contributed by atoms with Gasteiger partial charge in [-0.1, -0.05) is 18.2 Å². The summed E-state index contributed by atoms with van der Waals surface area (Å²) in [6.45, 7) is 0. The van der Waals surface area contributed by atoms with Crippen LogP contribution in [-0.2, 0) is 0 Å². The Morgan fingerprint density at radius 3 is 2.65 bits per heavy atom. The van der Waals surface area contributed by atoms with E-state index in [2.05, 4.69) is 44.0 Å². The van der Waals surface area contributed by atoms with Gasteiger partial charge < -0.3 is 4.74 Å². The highest BCUT2D eigenvalue weighted by Crippen LogP contribution is 2.25. The molecule has 0 saturated carbocycles. The lowest BCUT2D eigenvalue weighted by Gasteiger charge is -2.19. The molecule has 4 heteroatoms. The first-order valence-corrected chi connectivity index (χ1v) is 7.07. The maximum atomic E-state index is 12.0. The fraction of sp³-hybridized carbons (Fsp3) is 0.308. The van der Waals surface area contributed by atoms with Crippen LogP contribution in [-0.4, -0.2) is 6.10 Å². The SMILES string of the molecule is O=c1c(Br)cccc(Br)c1OC1CC=CCC1. The summed E-state index contributed by atoms with van der Waals surface area (Å²) in [7, 11) is 0. The zero-order valence-electron chi connectivity index (χ0n) is 9.16. The van der Waals surface area contributed by atoms with Crippen molar-refractivity contribution in [1.29, 1.82) is 0 Å². The average Bonchev–Trinajstić information content (AvgIpc) is 2.45. The molecule has 1 unspecified atom stereocenters. The predicted molar refractivity (Wildman–Crippen MR) is 75.5 cm³/mol. The third kappa shape index (κ3) is 3.19. The van der Waals surface area contributed by atoms with E-state index in [4.69, 9.17) is 4.74 Å². The van der Waals surface area contributed by atoms with E-state index in [9.17, 15) is 4.79 Å². The first kappa shape index (κ1) is 12.8. The summed E-state index contributed by atoms with van der Waals surface area (Å²) in [6.07, 6.45) is 7.17. The normalized spacial score (nSPS) is 19.1. The summed E-state index contributed by atoms with van der Waals surface area (Å²) in [5.41, 5.74) is -0.114. The standard InChI is InChI=1S/C13H12Br2O2/c14-10-7-4-8-11(15)13(12(10)16)17-9-5-2-1-3-6-9/h1-2,4,7-9H,3,5-6H2. The Morgan fingerprint density at radius 2 is 1.94 bits per heavy atom.